The number of fused-ring (bicyclic) bond motifs is 1. The molecule has 0 fully saturated rings. The lowest BCUT2D eigenvalue weighted by molar-refractivity contribution is -0.113. The number of hydrogen-bond donors (Lipinski definition) is 2. The molecule has 1 aliphatic rings. The first-order valence-corrected chi connectivity index (χ1v) is 8.67. The highest BCUT2D eigenvalue weighted by Crippen LogP contribution is 2.32. The summed E-state index contributed by atoms with van der Waals surface area (Å²) in [5.74, 6) is -0.327. The number of anilines is 1. The Balaban J connectivity index is 1.74. The molecule has 3 rings (SSSR count). The Kier molecular flexibility index (Phi) is 4.94. The van der Waals surface area contributed by atoms with E-state index in [1.807, 2.05) is 6.07 Å². The van der Waals surface area contributed by atoms with E-state index < -0.39 is 5.82 Å². The van der Waals surface area contributed by atoms with Gasteiger partial charge in [-0.05, 0) is 42.8 Å². The van der Waals surface area contributed by atoms with E-state index in [4.69, 9.17) is 4.74 Å². The molecule has 1 aliphatic heterocycles. The van der Waals surface area contributed by atoms with Gasteiger partial charge in [-0.25, -0.2) is 4.39 Å². The van der Waals surface area contributed by atoms with Crippen LogP contribution in [0.5, 0.6) is 5.75 Å². The summed E-state index contributed by atoms with van der Waals surface area (Å²) in [4.78, 5) is 24.9. The van der Waals surface area contributed by atoms with Gasteiger partial charge in [-0.2, -0.15) is 0 Å². The van der Waals surface area contributed by atoms with E-state index >= 15 is 0 Å². The smallest absolute Gasteiger partial charge is 0.251 e. The fourth-order valence-corrected chi connectivity index (χ4v) is 3.33. The van der Waals surface area contributed by atoms with Crippen molar-refractivity contribution in [2.75, 3.05) is 18.2 Å². The van der Waals surface area contributed by atoms with Crippen molar-refractivity contribution >= 4 is 29.3 Å². The summed E-state index contributed by atoms with van der Waals surface area (Å²) in [5, 5.41) is 5.59. The fraction of sp³-hybridized carbons (Fsp3) is 0.222. The molecule has 130 valence electrons. The molecule has 0 aromatic heterocycles. The zero-order valence-corrected chi connectivity index (χ0v) is 14.6. The maximum atomic E-state index is 13.8. The molecule has 0 saturated carbocycles. The molecule has 1 unspecified atom stereocenters. The maximum absolute atomic E-state index is 13.8. The third-order valence-electron chi connectivity index (χ3n) is 3.90. The van der Waals surface area contributed by atoms with Crippen LogP contribution in [0, 0.1) is 5.82 Å². The van der Waals surface area contributed by atoms with Crippen molar-refractivity contribution in [3.8, 4) is 5.75 Å². The number of halogens is 1. The zero-order valence-electron chi connectivity index (χ0n) is 13.8. The summed E-state index contributed by atoms with van der Waals surface area (Å²) in [6, 6.07) is 9.36. The Bertz CT molecular complexity index is 841. The predicted octanol–water partition coefficient (Wildman–Crippen LogP) is 3.37. The molecule has 2 aromatic rings. The van der Waals surface area contributed by atoms with E-state index in [-0.39, 0.29) is 23.6 Å². The number of carbonyl (C=O) groups is 2. The molecule has 0 radical (unpaired) electrons. The minimum atomic E-state index is -0.477. The number of rotatable bonds is 4. The Hall–Kier alpha value is -2.54. The quantitative estimate of drug-likeness (QED) is 0.877. The molecule has 5 nitrogen and oxygen atoms in total. The highest BCUT2D eigenvalue weighted by molar-refractivity contribution is 8.00. The molecule has 0 saturated heterocycles. The molecule has 2 aromatic carbocycles. The summed E-state index contributed by atoms with van der Waals surface area (Å²) in [5.41, 5.74) is 1.70. The van der Waals surface area contributed by atoms with Gasteiger partial charge in [0.05, 0.1) is 24.6 Å². The van der Waals surface area contributed by atoms with Crippen LogP contribution >= 0.6 is 11.8 Å². The average Bonchev–Trinajstić information content (AvgIpc) is 2.60. The van der Waals surface area contributed by atoms with E-state index in [0.717, 1.165) is 4.90 Å². The summed E-state index contributed by atoms with van der Waals surface area (Å²) in [6.07, 6.45) is 0. The molecule has 2 N–H and O–H groups in total. The van der Waals surface area contributed by atoms with Crippen molar-refractivity contribution in [3.05, 3.63) is 53.3 Å². The maximum Gasteiger partial charge on any atom is 0.251 e. The second-order valence-corrected chi connectivity index (χ2v) is 6.65. The molecular formula is C18H17FN2O3S. The standard InChI is InChI=1S/C18H17FN2O3S/c1-10(11-3-5-15(24-2)13(19)7-11)20-18(23)12-4-6-16-14(8-12)21-17(22)9-25-16/h3-8,10H,9H2,1-2H3,(H,20,23)(H,21,22). The molecule has 25 heavy (non-hydrogen) atoms. The number of ether oxygens (including phenoxy) is 1. The van der Waals surface area contributed by atoms with E-state index in [1.54, 1.807) is 25.1 Å². The monoisotopic (exact) mass is 360 g/mol. The Labute approximate surface area is 148 Å². The Morgan fingerprint density at radius 3 is 2.84 bits per heavy atom. The lowest BCUT2D eigenvalue weighted by Crippen LogP contribution is -2.27. The minimum Gasteiger partial charge on any atom is -0.494 e. The summed E-state index contributed by atoms with van der Waals surface area (Å²) >= 11 is 1.44. The van der Waals surface area contributed by atoms with Gasteiger partial charge in [0.2, 0.25) is 5.91 Å². The largest absolute Gasteiger partial charge is 0.494 e. The minimum absolute atomic E-state index is 0.0860. The van der Waals surface area contributed by atoms with E-state index in [1.165, 1.54) is 31.0 Å². The first-order valence-electron chi connectivity index (χ1n) is 7.69. The number of methoxy groups -OCH3 is 1. The van der Waals surface area contributed by atoms with Crippen molar-refractivity contribution in [2.24, 2.45) is 0 Å². The predicted molar refractivity (Wildman–Crippen MR) is 94.6 cm³/mol. The van der Waals surface area contributed by atoms with Crippen LogP contribution in [0.3, 0.4) is 0 Å². The molecule has 1 heterocycles. The SMILES string of the molecule is COc1ccc(C(C)NC(=O)c2ccc3c(c2)NC(=O)CS3)cc1F. The molecule has 0 spiro atoms. The van der Waals surface area contributed by atoms with Crippen molar-refractivity contribution in [1.82, 2.24) is 5.32 Å². The van der Waals surface area contributed by atoms with E-state index in [9.17, 15) is 14.0 Å². The second kappa shape index (κ2) is 7.14. The van der Waals surface area contributed by atoms with Gasteiger partial charge >= 0.3 is 0 Å². The first kappa shape index (κ1) is 17.3. The van der Waals surface area contributed by atoms with Gasteiger partial charge in [0, 0.05) is 10.5 Å². The normalized spacial score (nSPS) is 14.3. The van der Waals surface area contributed by atoms with Crippen LogP contribution in [0.2, 0.25) is 0 Å². The summed E-state index contributed by atoms with van der Waals surface area (Å²) < 4.78 is 18.7. The van der Waals surface area contributed by atoms with Crippen LogP contribution in [-0.4, -0.2) is 24.7 Å². The van der Waals surface area contributed by atoms with Crippen LogP contribution in [0.15, 0.2) is 41.3 Å². The van der Waals surface area contributed by atoms with Gasteiger partial charge in [-0.3, -0.25) is 9.59 Å². The van der Waals surface area contributed by atoms with Crippen LogP contribution in [-0.2, 0) is 4.79 Å². The number of nitrogens with one attached hydrogen (secondary N) is 2. The third kappa shape index (κ3) is 3.76. The zero-order chi connectivity index (χ0) is 18.0. The highest BCUT2D eigenvalue weighted by atomic mass is 32.2. The molecule has 0 aliphatic carbocycles. The lowest BCUT2D eigenvalue weighted by atomic mass is 10.1. The topological polar surface area (TPSA) is 67.4 Å². The Morgan fingerprint density at radius 2 is 2.12 bits per heavy atom. The van der Waals surface area contributed by atoms with Gasteiger partial charge < -0.3 is 15.4 Å². The summed E-state index contributed by atoms with van der Waals surface area (Å²) in [6.45, 7) is 1.77. The second-order valence-electron chi connectivity index (χ2n) is 5.64. The molecule has 7 heteroatoms. The lowest BCUT2D eigenvalue weighted by Gasteiger charge is -2.18. The highest BCUT2D eigenvalue weighted by Gasteiger charge is 2.18. The first-order chi connectivity index (χ1) is 12.0. The van der Waals surface area contributed by atoms with Gasteiger partial charge in [-0.15, -0.1) is 11.8 Å². The molecule has 2 amide bonds. The number of hydrogen-bond acceptors (Lipinski definition) is 4. The molecule has 0 bridgehead atoms. The average molecular weight is 360 g/mol. The molecular weight excluding hydrogens is 343 g/mol. The van der Waals surface area contributed by atoms with Crippen LogP contribution in [0.1, 0.15) is 28.9 Å². The number of benzene rings is 2. The van der Waals surface area contributed by atoms with Gasteiger partial charge in [0.1, 0.15) is 0 Å². The van der Waals surface area contributed by atoms with E-state index in [0.29, 0.717) is 22.6 Å². The van der Waals surface area contributed by atoms with E-state index in [2.05, 4.69) is 10.6 Å². The van der Waals surface area contributed by atoms with Crippen LogP contribution < -0.4 is 15.4 Å². The number of thioether (sulfide) groups is 1. The summed E-state index contributed by atoms with van der Waals surface area (Å²) in [7, 11) is 1.40. The van der Waals surface area contributed by atoms with Crippen LogP contribution in [0.4, 0.5) is 10.1 Å². The fourth-order valence-electron chi connectivity index (χ4n) is 2.54. The van der Waals surface area contributed by atoms with Crippen molar-refractivity contribution < 1.29 is 18.7 Å². The van der Waals surface area contributed by atoms with Crippen molar-refractivity contribution in [1.29, 1.82) is 0 Å². The van der Waals surface area contributed by atoms with Crippen LogP contribution in [0.25, 0.3) is 0 Å². The van der Waals surface area contributed by atoms with Gasteiger partial charge in [0.15, 0.2) is 11.6 Å². The molecule has 1 atom stereocenters. The van der Waals surface area contributed by atoms with Gasteiger partial charge in [0.25, 0.3) is 5.91 Å². The Morgan fingerprint density at radius 1 is 1.32 bits per heavy atom. The van der Waals surface area contributed by atoms with Crippen molar-refractivity contribution in [3.63, 3.8) is 0 Å². The number of amides is 2. The number of carbonyl (C=O) groups excluding carboxylic acids is 2. The van der Waals surface area contributed by atoms with Gasteiger partial charge in [-0.1, -0.05) is 6.07 Å². The van der Waals surface area contributed by atoms with Crippen molar-refractivity contribution in [2.45, 2.75) is 17.9 Å². The third-order valence-corrected chi connectivity index (χ3v) is 4.97.